The summed E-state index contributed by atoms with van der Waals surface area (Å²) in [4.78, 5) is 5.00. The van der Waals surface area contributed by atoms with Gasteiger partial charge in [0.1, 0.15) is 0 Å². The van der Waals surface area contributed by atoms with Gasteiger partial charge in [-0.25, -0.2) is 0 Å². The van der Waals surface area contributed by atoms with Gasteiger partial charge in [0.15, 0.2) is 0 Å². The minimum atomic E-state index is -0.164. The molecule has 0 saturated heterocycles. The van der Waals surface area contributed by atoms with Crippen molar-refractivity contribution >= 4 is 0 Å². The molecule has 0 fully saturated rings. The molecule has 4 nitrogen and oxygen atoms in total. The van der Waals surface area contributed by atoms with Crippen LogP contribution in [-0.2, 0) is 4.84 Å². The third kappa shape index (κ3) is 4.69. The van der Waals surface area contributed by atoms with Crippen LogP contribution in [0.4, 0.5) is 0 Å². The van der Waals surface area contributed by atoms with E-state index >= 15 is 0 Å². The minimum Gasteiger partial charge on any atom is -0.396 e. The maximum Gasteiger partial charge on any atom is 0.0756 e. The third-order valence-electron chi connectivity index (χ3n) is 1.08. The number of nitrogens with zero attached hydrogens (tertiary/aromatic N) is 1. The first-order valence-electron chi connectivity index (χ1n) is 3.22. The van der Waals surface area contributed by atoms with E-state index in [0.717, 1.165) is 0 Å². The van der Waals surface area contributed by atoms with Gasteiger partial charge in [0, 0.05) is 20.0 Å². The molecule has 0 aliphatic heterocycles. The van der Waals surface area contributed by atoms with E-state index in [9.17, 15) is 0 Å². The molecule has 0 aliphatic carbocycles. The molecule has 0 unspecified atom stereocenters. The number of aliphatic hydroxyl groups is 2. The molecule has 0 radical (unpaired) electrons. The zero-order valence-electron chi connectivity index (χ0n) is 6.45. The lowest BCUT2D eigenvalue weighted by Gasteiger charge is -2.14. The van der Waals surface area contributed by atoms with Gasteiger partial charge in [-0.3, -0.25) is 4.84 Å². The highest BCUT2D eigenvalue weighted by Crippen LogP contribution is 1.94. The molecule has 0 amide bonds. The number of aliphatic hydroxyl groups excluding tert-OH is 2. The number of hydroxylamine groups is 2. The molecule has 0 rings (SSSR count). The highest BCUT2D eigenvalue weighted by Gasteiger charge is 2.05. The summed E-state index contributed by atoms with van der Waals surface area (Å²) in [5.41, 5.74) is 0. The van der Waals surface area contributed by atoms with Crippen LogP contribution in [0.1, 0.15) is 0 Å². The average Bonchev–Trinajstić information content (AvgIpc) is 1.90. The van der Waals surface area contributed by atoms with Gasteiger partial charge in [0.05, 0.1) is 19.8 Å². The van der Waals surface area contributed by atoms with Crippen molar-refractivity contribution in [3.05, 3.63) is 0 Å². The molecule has 62 valence electrons. The molecule has 0 spiro atoms. The highest BCUT2D eigenvalue weighted by molar-refractivity contribution is 4.51. The van der Waals surface area contributed by atoms with Crippen LogP contribution in [0, 0.1) is 5.92 Å². The summed E-state index contributed by atoms with van der Waals surface area (Å²) >= 11 is 0. The molecule has 2 N–H and O–H groups in total. The Kier molecular flexibility index (Phi) is 5.52. The quantitative estimate of drug-likeness (QED) is 0.496. The van der Waals surface area contributed by atoms with Gasteiger partial charge < -0.3 is 10.2 Å². The topological polar surface area (TPSA) is 52.9 Å². The first-order valence-corrected chi connectivity index (χ1v) is 3.22. The lowest BCUT2D eigenvalue weighted by atomic mass is 10.2. The Hall–Kier alpha value is -0.160. The molecule has 10 heavy (non-hydrogen) atoms. The van der Waals surface area contributed by atoms with E-state index in [2.05, 4.69) is 0 Å². The normalized spacial score (nSPS) is 11.4. The van der Waals surface area contributed by atoms with Gasteiger partial charge in [-0.05, 0) is 0 Å². The van der Waals surface area contributed by atoms with Gasteiger partial charge in [0.2, 0.25) is 0 Å². The molecule has 0 aromatic heterocycles. The molecular formula is C6H15NO3. The van der Waals surface area contributed by atoms with Crippen LogP contribution < -0.4 is 0 Å². The Morgan fingerprint density at radius 2 is 1.80 bits per heavy atom. The summed E-state index contributed by atoms with van der Waals surface area (Å²) < 4.78 is 0. The standard InChI is InChI=1S/C6H15NO3/c1-7(2)10-5-6(3-8)4-9/h6,8-9H,3-5H2,1-2H3. The van der Waals surface area contributed by atoms with E-state index in [1.165, 1.54) is 0 Å². The van der Waals surface area contributed by atoms with Gasteiger partial charge in [-0.2, -0.15) is 5.06 Å². The van der Waals surface area contributed by atoms with E-state index in [1.807, 2.05) is 0 Å². The monoisotopic (exact) mass is 149 g/mol. The molecule has 0 aromatic rings. The first-order chi connectivity index (χ1) is 4.70. The van der Waals surface area contributed by atoms with Crippen LogP contribution in [0.15, 0.2) is 0 Å². The predicted molar refractivity (Wildman–Crippen MR) is 37.3 cm³/mol. The van der Waals surface area contributed by atoms with Gasteiger partial charge in [-0.15, -0.1) is 0 Å². The summed E-state index contributed by atoms with van der Waals surface area (Å²) in [6.45, 7) is 0.286. The predicted octanol–water partition coefficient (Wildman–Crippen LogP) is -0.920. The van der Waals surface area contributed by atoms with E-state index < -0.39 is 0 Å². The van der Waals surface area contributed by atoms with Crippen molar-refractivity contribution in [2.75, 3.05) is 33.9 Å². The Bertz CT molecular complexity index is 73.4. The van der Waals surface area contributed by atoms with Gasteiger partial charge >= 0.3 is 0 Å². The zero-order valence-corrected chi connectivity index (χ0v) is 6.45. The molecule has 4 heteroatoms. The zero-order chi connectivity index (χ0) is 7.98. The molecular weight excluding hydrogens is 134 g/mol. The lowest BCUT2D eigenvalue weighted by Crippen LogP contribution is -2.23. The maximum absolute atomic E-state index is 8.58. The van der Waals surface area contributed by atoms with Crippen molar-refractivity contribution in [1.29, 1.82) is 0 Å². The van der Waals surface area contributed by atoms with Gasteiger partial charge in [-0.1, -0.05) is 0 Å². The fourth-order valence-electron chi connectivity index (χ4n) is 0.418. The molecule has 0 bridgehead atoms. The van der Waals surface area contributed by atoms with E-state index in [0.29, 0.717) is 6.61 Å². The van der Waals surface area contributed by atoms with Crippen LogP contribution in [0.2, 0.25) is 0 Å². The highest BCUT2D eigenvalue weighted by atomic mass is 16.7. The van der Waals surface area contributed by atoms with Crippen molar-refractivity contribution in [2.24, 2.45) is 5.92 Å². The van der Waals surface area contributed by atoms with Crippen LogP contribution in [0.3, 0.4) is 0 Å². The Balaban J connectivity index is 3.26. The van der Waals surface area contributed by atoms with E-state index in [4.69, 9.17) is 15.1 Å². The number of rotatable bonds is 5. The summed E-state index contributed by atoms with van der Waals surface area (Å²) in [5, 5.41) is 18.7. The second-order valence-corrected chi connectivity index (χ2v) is 2.34. The minimum absolute atomic E-state index is 0.0374. The van der Waals surface area contributed by atoms with Crippen molar-refractivity contribution < 1.29 is 15.1 Å². The van der Waals surface area contributed by atoms with Crippen LogP contribution in [-0.4, -0.2) is 49.2 Å². The van der Waals surface area contributed by atoms with Crippen molar-refractivity contribution in [3.63, 3.8) is 0 Å². The van der Waals surface area contributed by atoms with E-state index in [-0.39, 0.29) is 19.1 Å². The summed E-state index contributed by atoms with van der Waals surface area (Å²) in [5.74, 6) is -0.164. The molecule has 0 atom stereocenters. The second-order valence-electron chi connectivity index (χ2n) is 2.34. The van der Waals surface area contributed by atoms with Crippen LogP contribution in [0.5, 0.6) is 0 Å². The van der Waals surface area contributed by atoms with Crippen molar-refractivity contribution in [1.82, 2.24) is 5.06 Å². The lowest BCUT2D eigenvalue weighted by molar-refractivity contribution is -0.140. The maximum atomic E-state index is 8.58. The molecule has 0 heterocycles. The van der Waals surface area contributed by atoms with Crippen LogP contribution >= 0.6 is 0 Å². The largest absolute Gasteiger partial charge is 0.396 e. The van der Waals surface area contributed by atoms with Crippen molar-refractivity contribution in [3.8, 4) is 0 Å². The smallest absolute Gasteiger partial charge is 0.0756 e. The average molecular weight is 149 g/mol. The molecule has 0 saturated carbocycles. The first kappa shape index (κ1) is 9.84. The fourth-order valence-corrected chi connectivity index (χ4v) is 0.418. The Morgan fingerprint density at radius 1 is 1.30 bits per heavy atom. The number of hydrogen-bond donors (Lipinski definition) is 2. The molecule has 0 aromatic carbocycles. The second kappa shape index (κ2) is 5.61. The summed E-state index contributed by atoms with van der Waals surface area (Å²) in [7, 11) is 3.51. The third-order valence-corrected chi connectivity index (χ3v) is 1.08. The Labute approximate surface area is 61.0 Å². The summed E-state index contributed by atoms with van der Waals surface area (Å²) in [6.07, 6.45) is 0. The number of hydrogen-bond acceptors (Lipinski definition) is 4. The SMILES string of the molecule is CN(C)OCC(CO)CO. The fraction of sp³-hybridized carbons (Fsp3) is 1.00. The molecule has 0 aliphatic rings. The van der Waals surface area contributed by atoms with Crippen LogP contribution in [0.25, 0.3) is 0 Å². The summed E-state index contributed by atoms with van der Waals surface area (Å²) in [6, 6.07) is 0. The van der Waals surface area contributed by atoms with E-state index in [1.54, 1.807) is 19.2 Å². The van der Waals surface area contributed by atoms with Crippen molar-refractivity contribution in [2.45, 2.75) is 0 Å². The van der Waals surface area contributed by atoms with Gasteiger partial charge in [0.25, 0.3) is 0 Å². The Morgan fingerprint density at radius 3 is 2.10 bits per heavy atom.